The predicted molar refractivity (Wildman–Crippen MR) is 113 cm³/mol. The van der Waals surface area contributed by atoms with Gasteiger partial charge in [-0.1, -0.05) is 6.07 Å². The van der Waals surface area contributed by atoms with Gasteiger partial charge in [-0.05, 0) is 30.4 Å². The van der Waals surface area contributed by atoms with Crippen LogP contribution in [0.2, 0.25) is 0 Å². The molecule has 2 aliphatic heterocycles. The third-order valence-electron chi connectivity index (χ3n) is 5.44. The summed E-state index contributed by atoms with van der Waals surface area (Å²) in [4.78, 5) is 27.8. The van der Waals surface area contributed by atoms with Crippen molar-refractivity contribution >= 4 is 34.3 Å². The summed E-state index contributed by atoms with van der Waals surface area (Å²) in [6, 6.07) is 6.09. The molecule has 2 fully saturated rings. The summed E-state index contributed by atoms with van der Waals surface area (Å²) < 4.78 is 20.0. The first-order valence-electron chi connectivity index (χ1n) is 9.94. The highest BCUT2D eigenvalue weighted by Crippen LogP contribution is 2.34. The Hall–Kier alpha value is -2.72. The molecule has 2 saturated heterocycles. The SMILES string of the molecule is O=C(c1cccs1)N1CCN(c2cc(NC[C@H]3CCCO3)c(F)cc2[N+](=O)[O-])CC1. The number of amides is 1. The molecule has 1 atom stereocenters. The number of nitrogens with zero attached hydrogens (tertiary/aromatic N) is 3. The van der Waals surface area contributed by atoms with Crippen LogP contribution >= 0.6 is 11.3 Å². The fourth-order valence-electron chi connectivity index (χ4n) is 3.82. The highest BCUT2D eigenvalue weighted by atomic mass is 32.1. The van der Waals surface area contributed by atoms with Gasteiger partial charge in [-0.2, -0.15) is 0 Å². The van der Waals surface area contributed by atoms with Gasteiger partial charge in [0, 0.05) is 39.3 Å². The molecule has 0 bridgehead atoms. The maximum atomic E-state index is 14.5. The fraction of sp³-hybridized carbons (Fsp3) is 0.450. The van der Waals surface area contributed by atoms with Crippen molar-refractivity contribution in [2.45, 2.75) is 18.9 Å². The van der Waals surface area contributed by atoms with Crippen molar-refractivity contribution in [3.63, 3.8) is 0 Å². The number of halogens is 1. The van der Waals surface area contributed by atoms with Crippen molar-refractivity contribution < 1.29 is 18.8 Å². The maximum Gasteiger partial charge on any atom is 0.295 e. The largest absolute Gasteiger partial charge is 0.380 e. The van der Waals surface area contributed by atoms with E-state index in [2.05, 4.69) is 5.32 Å². The van der Waals surface area contributed by atoms with Crippen LogP contribution in [0, 0.1) is 15.9 Å². The molecule has 4 rings (SSSR count). The number of nitro benzene ring substituents is 1. The van der Waals surface area contributed by atoms with Gasteiger partial charge in [0.25, 0.3) is 11.6 Å². The molecule has 1 N–H and O–H groups in total. The second-order valence-electron chi connectivity index (χ2n) is 7.35. The summed E-state index contributed by atoms with van der Waals surface area (Å²) in [5.74, 6) is -0.688. The number of hydrogen-bond donors (Lipinski definition) is 1. The molecule has 10 heteroatoms. The van der Waals surface area contributed by atoms with Crippen LogP contribution in [-0.2, 0) is 4.74 Å². The van der Waals surface area contributed by atoms with Crippen LogP contribution < -0.4 is 10.2 Å². The minimum atomic E-state index is -0.657. The number of nitrogens with one attached hydrogen (secondary N) is 1. The first-order chi connectivity index (χ1) is 14.5. The number of nitro groups is 1. The van der Waals surface area contributed by atoms with Crippen LogP contribution in [0.25, 0.3) is 0 Å². The number of piperazine rings is 1. The molecule has 160 valence electrons. The number of ether oxygens (including phenoxy) is 1. The van der Waals surface area contributed by atoms with E-state index in [-0.39, 0.29) is 23.4 Å². The first kappa shape index (κ1) is 20.5. The second kappa shape index (κ2) is 8.97. The third-order valence-corrected chi connectivity index (χ3v) is 6.30. The molecule has 8 nitrogen and oxygen atoms in total. The highest BCUT2D eigenvalue weighted by molar-refractivity contribution is 7.12. The van der Waals surface area contributed by atoms with E-state index in [9.17, 15) is 19.3 Å². The van der Waals surface area contributed by atoms with E-state index in [0.717, 1.165) is 18.9 Å². The number of anilines is 2. The highest BCUT2D eigenvalue weighted by Gasteiger charge is 2.28. The summed E-state index contributed by atoms with van der Waals surface area (Å²) in [5.41, 5.74) is 0.316. The average molecular weight is 434 g/mol. The molecule has 0 radical (unpaired) electrons. The number of carbonyl (C=O) groups excluding carboxylic acids is 1. The van der Waals surface area contributed by atoms with E-state index in [1.165, 1.54) is 17.4 Å². The van der Waals surface area contributed by atoms with Crippen molar-refractivity contribution in [2.75, 3.05) is 49.5 Å². The Morgan fingerprint density at radius 1 is 1.33 bits per heavy atom. The molecule has 1 aromatic carbocycles. The molecule has 30 heavy (non-hydrogen) atoms. The Morgan fingerprint density at radius 2 is 2.13 bits per heavy atom. The van der Waals surface area contributed by atoms with Crippen molar-refractivity contribution in [1.29, 1.82) is 0 Å². The predicted octanol–water partition coefficient (Wildman–Crippen LogP) is 3.35. The summed E-state index contributed by atoms with van der Waals surface area (Å²) in [7, 11) is 0. The third kappa shape index (κ3) is 4.39. The number of thiophene rings is 1. The summed E-state index contributed by atoms with van der Waals surface area (Å²) in [6.07, 6.45) is 1.92. The summed E-state index contributed by atoms with van der Waals surface area (Å²) >= 11 is 1.39. The van der Waals surface area contributed by atoms with Gasteiger partial charge < -0.3 is 19.9 Å². The molecule has 1 aromatic heterocycles. The van der Waals surface area contributed by atoms with Gasteiger partial charge in [0.1, 0.15) is 5.69 Å². The molecular weight excluding hydrogens is 411 g/mol. The van der Waals surface area contributed by atoms with Crippen molar-refractivity contribution in [3.05, 3.63) is 50.5 Å². The molecule has 0 saturated carbocycles. The molecule has 1 amide bonds. The van der Waals surface area contributed by atoms with Crippen LogP contribution in [0.4, 0.5) is 21.5 Å². The lowest BCUT2D eigenvalue weighted by atomic mass is 10.1. The molecular formula is C20H23FN4O4S. The van der Waals surface area contributed by atoms with E-state index in [0.29, 0.717) is 49.9 Å². The van der Waals surface area contributed by atoms with Gasteiger partial charge in [-0.3, -0.25) is 14.9 Å². The smallest absolute Gasteiger partial charge is 0.295 e. The topological polar surface area (TPSA) is 88.0 Å². The van der Waals surface area contributed by atoms with Gasteiger partial charge in [-0.15, -0.1) is 11.3 Å². The van der Waals surface area contributed by atoms with Gasteiger partial charge in [0.15, 0.2) is 5.82 Å². The number of hydrogen-bond acceptors (Lipinski definition) is 7. The van der Waals surface area contributed by atoms with Crippen LogP contribution in [0.3, 0.4) is 0 Å². The van der Waals surface area contributed by atoms with E-state index in [1.54, 1.807) is 11.0 Å². The number of rotatable bonds is 6. The van der Waals surface area contributed by atoms with Gasteiger partial charge in [0.05, 0.1) is 27.7 Å². The van der Waals surface area contributed by atoms with Crippen LogP contribution in [0.5, 0.6) is 0 Å². The second-order valence-corrected chi connectivity index (χ2v) is 8.30. The zero-order chi connectivity index (χ0) is 21.1. The Labute approximate surface area is 177 Å². The monoisotopic (exact) mass is 434 g/mol. The summed E-state index contributed by atoms with van der Waals surface area (Å²) in [5, 5.41) is 16.4. The van der Waals surface area contributed by atoms with Gasteiger partial charge in [-0.25, -0.2) is 4.39 Å². The molecule has 2 aromatic rings. The zero-order valence-electron chi connectivity index (χ0n) is 16.4. The standard InChI is InChI=1S/C20H23FN4O4S/c21-15-11-18(25(27)28)17(12-16(15)22-13-14-3-1-9-29-14)23-5-7-24(8-6-23)20(26)19-4-2-10-30-19/h2,4,10-12,14,22H,1,3,5-9,13H2/t14-/m1/s1. The lowest BCUT2D eigenvalue weighted by molar-refractivity contribution is -0.384. The molecule has 3 heterocycles. The van der Waals surface area contributed by atoms with Gasteiger partial charge >= 0.3 is 0 Å². The molecule has 2 aliphatic rings. The first-order valence-corrected chi connectivity index (χ1v) is 10.8. The van der Waals surface area contributed by atoms with E-state index >= 15 is 0 Å². The number of carbonyl (C=O) groups is 1. The van der Waals surface area contributed by atoms with Crippen LogP contribution in [0.15, 0.2) is 29.6 Å². The van der Waals surface area contributed by atoms with Gasteiger partial charge in [0.2, 0.25) is 0 Å². The summed E-state index contributed by atoms with van der Waals surface area (Å²) in [6.45, 7) is 2.93. The molecule has 0 unspecified atom stereocenters. The fourth-order valence-corrected chi connectivity index (χ4v) is 4.51. The maximum absolute atomic E-state index is 14.5. The van der Waals surface area contributed by atoms with Crippen molar-refractivity contribution in [3.8, 4) is 0 Å². The lowest BCUT2D eigenvalue weighted by Gasteiger charge is -2.35. The lowest BCUT2D eigenvalue weighted by Crippen LogP contribution is -2.48. The quantitative estimate of drug-likeness (QED) is 0.554. The van der Waals surface area contributed by atoms with Crippen molar-refractivity contribution in [1.82, 2.24) is 4.90 Å². The number of benzene rings is 1. The minimum absolute atomic E-state index is 0.0230. The van der Waals surface area contributed by atoms with Crippen molar-refractivity contribution in [2.24, 2.45) is 0 Å². The molecule has 0 spiro atoms. The van der Waals surface area contributed by atoms with E-state index in [4.69, 9.17) is 4.74 Å². The Kier molecular flexibility index (Phi) is 6.14. The van der Waals surface area contributed by atoms with Crippen LogP contribution in [-0.4, -0.2) is 61.2 Å². The van der Waals surface area contributed by atoms with E-state index in [1.807, 2.05) is 16.3 Å². The molecule has 0 aliphatic carbocycles. The average Bonchev–Trinajstić information content (AvgIpc) is 3.46. The minimum Gasteiger partial charge on any atom is -0.380 e. The Morgan fingerprint density at radius 3 is 2.77 bits per heavy atom. The van der Waals surface area contributed by atoms with Crippen LogP contribution in [0.1, 0.15) is 22.5 Å². The zero-order valence-corrected chi connectivity index (χ0v) is 17.2. The van der Waals surface area contributed by atoms with E-state index < -0.39 is 10.7 Å². The Bertz CT molecular complexity index is 910. The normalized spacial score (nSPS) is 19.2. The Balaban J connectivity index is 1.48.